The average molecular weight is 208 g/mol. The Balaban J connectivity index is 2.72. The Bertz CT molecular complexity index is 320. The Morgan fingerprint density at radius 1 is 1.47 bits per heavy atom. The van der Waals surface area contributed by atoms with Gasteiger partial charge in [0, 0.05) is 6.07 Å². The summed E-state index contributed by atoms with van der Waals surface area (Å²) in [6, 6.07) is 4.64. The minimum Gasteiger partial charge on any atom is -0.493 e. The lowest BCUT2D eigenvalue weighted by atomic mass is 10.1. The first kappa shape index (κ1) is 11.8. The molecule has 0 unspecified atom stereocenters. The third-order valence-electron chi connectivity index (χ3n) is 2.15. The molecule has 15 heavy (non-hydrogen) atoms. The van der Waals surface area contributed by atoms with E-state index < -0.39 is 0 Å². The summed E-state index contributed by atoms with van der Waals surface area (Å²) in [5.41, 5.74) is 0.988. The van der Waals surface area contributed by atoms with Crippen LogP contribution in [0, 0.1) is 5.82 Å². The van der Waals surface area contributed by atoms with Crippen molar-refractivity contribution in [3.63, 3.8) is 0 Å². The molecule has 0 atom stereocenters. The SMILES string of the molecule is C=CCc1ccc(F)cc1OCCCC. The van der Waals surface area contributed by atoms with Crippen molar-refractivity contribution < 1.29 is 9.13 Å². The quantitative estimate of drug-likeness (QED) is 0.511. The normalized spacial score (nSPS) is 10.0. The minimum absolute atomic E-state index is 0.255. The number of rotatable bonds is 6. The van der Waals surface area contributed by atoms with Gasteiger partial charge in [-0.3, -0.25) is 0 Å². The molecule has 2 heteroatoms. The van der Waals surface area contributed by atoms with Crippen molar-refractivity contribution in [2.24, 2.45) is 0 Å². The van der Waals surface area contributed by atoms with Crippen molar-refractivity contribution in [2.45, 2.75) is 26.2 Å². The first-order valence-corrected chi connectivity index (χ1v) is 5.30. The maximum Gasteiger partial charge on any atom is 0.126 e. The van der Waals surface area contributed by atoms with Crippen LogP contribution >= 0.6 is 0 Å². The van der Waals surface area contributed by atoms with Crippen molar-refractivity contribution in [3.05, 3.63) is 42.2 Å². The molecule has 0 aliphatic carbocycles. The zero-order chi connectivity index (χ0) is 11.1. The molecule has 1 nitrogen and oxygen atoms in total. The smallest absolute Gasteiger partial charge is 0.126 e. The summed E-state index contributed by atoms with van der Waals surface area (Å²) in [6.45, 7) is 6.41. The molecule has 1 rings (SSSR count). The van der Waals surface area contributed by atoms with Gasteiger partial charge in [-0.25, -0.2) is 4.39 Å². The first-order chi connectivity index (χ1) is 7.27. The van der Waals surface area contributed by atoms with E-state index in [-0.39, 0.29) is 5.82 Å². The zero-order valence-corrected chi connectivity index (χ0v) is 9.13. The maximum atomic E-state index is 13.0. The molecule has 0 aromatic heterocycles. The lowest BCUT2D eigenvalue weighted by Crippen LogP contribution is -2.00. The van der Waals surface area contributed by atoms with Crippen LogP contribution in [-0.4, -0.2) is 6.61 Å². The van der Waals surface area contributed by atoms with Gasteiger partial charge in [0.05, 0.1) is 6.61 Å². The van der Waals surface area contributed by atoms with Gasteiger partial charge in [-0.05, 0) is 24.5 Å². The second kappa shape index (κ2) is 6.23. The molecule has 0 aliphatic rings. The largest absolute Gasteiger partial charge is 0.493 e. The van der Waals surface area contributed by atoms with Crippen LogP contribution in [0.15, 0.2) is 30.9 Å². The van der Waals surface area contributed by atoms with E-state index in [0.717, 1.165) is 18.4 Å². The third kappa shape index (κ3) is 3.74. The Morgan fingerprint density at radius 2 is 2.27 bits per heavy atom. The molecule has 0 bridgehead atoms. The Labute approximate surface area is 90.6 Å². The highest BCUT2D eigenvalue weighted by molar-refractivity contribution is 5.35. The lowest BCUT2D eigenvalue weighted by Gasteiger charge is -2.09. The van der Waals surface area contributed by atoms with Crippen molar-refractivity contribution in [3.8, 4) is 5.75 Å². The number of ether oxygens (including phenoxy) is 1. The minimum atomic E-state index is -0.255. The van der Waals surface area contributed by atoms with Gasteiger partial charge in [0.2, 0.25) is 0 Å². The molecule has 82 valence electrons. The highest BCUT2D eigenvalue weighted by atomic mass is 19.1. The van der Waals surface area contributed by atoms with E-state index in [2.05, 4.69) is 13.5 Å². The van der Waals surface area contributed by atoms with Gasteiger partial charge in [-0.2, -0.15) is 0 Å². The number of halogens is 1. The van der Waals surface area contributed by atoms with E-state index in [9.17, 15) is 4.39 Å². The van der Waals surface area contributed by atoms with Crippen LogP contribution in [0.25, 0.3) is 0 Å². The molecule has 0 radical (unpaired) electrons. The molecule has 1 aromatic rings. The van der Waals surface area contributed by atoms with E-state index >= 15 is 0 Å². The first-order valence-electron chi connectivity index (χ1n) is 5.30. The summed E-state index contributed by atoms with van der Waals surface area (Å²) < 4.78 is 18.5. The molecule has 0 N–H and O–H groups in total. The van der Waals surface area contributed by atoms with Gasteiger partial charge in [0.1, 0.15) is 11.6 Å². The molecule has 0 saturated heterocycles. The van der Waals surface area contributed by atoms with Gasteiger partial charge >= 0.3 is 0 Å². The van der Waals surface area contributed by atoms with E-state index in [1.54, 1.807) is 12.1 Å². The molecular weight excluding hydrogens is 191 g/mol. The van der Waals surface area contributed by atoms with Gasteiger partial charge in [-0.15, -0.1) is 6.58 Å². The summed E-state index contributed by atoms with van der Waals surface area (Å²) in [6.07, 6.45) is 4.57. The summed E-state index contributed by atoms with van der Waals surface area (Å²) >= 11 is 0. The van der Waals surface area contributed by atoms with E-state index in [4.69, 9.17) is 4.74 Å². The van der Waals surface area contributed by atoms with Crippen LogP contribution in [-0.2, 0) is 6.42 Å². The molecule has 0 spiro atoms. The zero-order valence-electron chi connectivity index (χ0n) is 9.13. The van der Waals surface area contributed by atoms with E-state index in [1.165, 1.54) is 12.1 Å². The number of unbranched alkanes of at least 4 members (excludes halogenated alkanes) is 1. The van der Waals surface area contributed by atoms with Crippen LogP contribution in [0.1, 0.15) is 25.3 Å². The number of hydrogen-bond acceptors (Lipinski definition) is 1. The van der Waals surface area contributed by atoms with Crippen LogP contribution in [0.5, 0.6) is 5.75 Å². The number of allylic oxidation sites excluding steroid dienone is 1. The predicted octanol–water partition coefficient (Wildman–Crippen LogP) is 3.73. The highest BCUT2D eigenvalue weighted by Crippen LogP contribution is 2.21. The molecule has 0 fully saturated rings. The van der Waals surface area contributed by atoms with Gasteiger partial charge in [0.15, 0.2) is 0 Å². The van der Waals surface area contributed by atoms with Gasteiger partial charge in [0.25, 0.3) is 0 Å². The molecule has 0 saturated carbocycles. The number of benzene rings is 1. The monoisotopic (exact) mass is 208 g/mol. The summed E-state index contributed by atoms with van der Waals surface area (Å²) in [5.74, 6) is 0.387. The average Bonchev–Trinajstić information content (AvgIpc) is 2.22. The Kier molecular flexibility index (Phi) is 4.88. The second-order valence-corrected chi connectivity index (χ2v) is 3.45. The standard InChI is InChI=1S/C13H17FO/c1-3-5-9-15-13-10-12(14)8-7-11(13)6-4-2/h4,7-8,10H,2-3,5-6,9H2,1H3. The molecule has 0 heterocycles. The predicted molar refractivity (Wildman–Crippen MR) is 60.7 cm³/mol. The van der Waals surface area contributed by atoms with E-state index in [0.29, 0.717) is 18.8 Å². The molecule has 0 aliphatic heterocycles. The summed E-state index contributed by atoms with van der Waals surface area (Å²) in [7, 11) is 0. The highest BCUT2D eigenvalue weighted by Gasteiger charge is 2.03. The van der Waals surface area contributed by atoms with Crippen LogP contribution in [0.4, 0.5) is 4.39 Å². The second-order valence-electron chi connectivity index (χ2n) is 3.45. The molecule has 1 aromatic carbocycles. The third-order valence-corrected chi connectivity index (χ3v) is 2.15. The maximum absolute atomic E-state index is 13.0. The van der Waals surface area contributed by atoms with Crippen molar-refractivity contribution >= 4 is 0 Å². The fourth-order valence-corrected chi connectivity index (χ4v) is 1.31. The van der Waals surface area contributed by atoms with Crippen LogP contribution < -0.4 is 4.74 Å². The molecular formula is C13H17FO. The van der Waals surface area contributed by atoms with Crippen LogP contribution in [0.3, 0.4) is 0 Å². The Morgan fingerprint density at radius 3 is 2.93 bits per heavy atom. The lowest BCUT2D eigenvalue weighted by molar-refractivity contribution is 0.305. The van der Waals surface area contributed by atoms with Crippen molar-refractivity contribution in [1.29, 1.82) is 0 Å². The van der Waals surface area contributed by atoms with Crippen LogP contribution in [0.2, 0.25) is 0 Å². The Hall–Kier alpha value is -1.31. The summed E-state index contributed by atoms with van der Waals surface area (Å²) in [4.78, 5) is 0. The van der Waals surface area contributed by atoms with Gasteiger partial charge < -0.3 is 4.74 Å². The number of hydrogen-bond donors (Lipinski definition) is 0. The fraction of sp³-hybridized carbons (Fsp3) is 0.385. The van der Waals surface area contributed by atoms with E-state index in [1.807, 2.05) is 0 Å². The topological polar surface area (TPSA) is 9.23 Å². The molecule has 0 amide bonds. The van der Waals surface area contributed by atoms with Crippen molar-refractivity contribution in [1.82, 2.24) is 0 Å². The van der Waals surface area contributed by atoms with Crippen molar-refractivity contribution in [2.75, 3.05) is 6.61 Å². The van der Waals surface area contributed by atoms with Gasteiger partial charge in [-0.1, -0.05) is 25.5 Å². The summed E-state index contributed by atoms with van der Waals surface area (Å²) in [5, 5.41) is 0. The fourth-order valence-electron chi connectivity index (χ4n) is 1.31.